The maximum atomic E-state index is 12.0. The lowest BCUT2D eigenvalue weighted by molar-refractivity contribution is 0.0936. The van der Waals surface area contributed by atoms with E-state index < -0.39 is 0 Å². The molecule has 0 aliphatic heterocycles. The van der Waals surface area contributed by atoms with Crippen LogP contribution >= 0.6 is 11.3 Å². The van der Waals surface area contributed by atoms with Crippen LogP contribution in [0.1, 0.15) is 28.3 Å². The summed E-state index contributed by atoms with van der Waals surface area (Å²) in [5.74, 6) is -0.160. The van der Waals surface area contributed by atoms with Crippen LogP contribution in [0.3, 0.4) is 0 Å². The average molecular weight is 264 g/mol. The van der Waals surface area contributed by atoms with Crippen LogP contribution in [-0.2, 0) is 6.54 Å². The van der Waals surface area contributed by atoms with E-state index >= 15 is 0 Å². The lowest BCUT2D eigenvalue weighted by Crippen LogP contribution is -2.26. The van der Waals surface area contributed by atoms with Gasteiger partial charge in [-0.25, -0.2) is 4.98 Å². The number of hydrogen-bond donors (Lipinski definition) is 2. The van der Waals surface area contributed by atoms with E-state index in [1.165, 1.54) is 0 Å². The van der Waals surface area contributed by atoms with Gasteiger partial charge in [-0.15, -0.1) is 11.3 Å². The number of nitrogens with zero attached hydrogens (tertiary/aromatic N) is 2. The van der Waals surface area contributed by atoms with Crippen molar-refractivity contribution < 1.29 is 4.79 Å². The summed E-state index contributed by atoms with van der Waals surface area (Å²) in [5, 5.41) is 4.91. The zero-order valence-corrected chi connectivity index (χ0v) is 11.0. The molecule has 1 unspecified atom stereocenters. The van der Waals surface area contributed by atoms with Crippen molar-refractivity contribution in [1.29, 1.82) is 0 Å². The summed E-state index contributed by atoms with van der Waals surface area (Å²) < 4.78 is 1.81. The Kier molecular flexibility index (Phi) is 4.11. The standard InChI is InChI=1S/C12H16N4OS/c1-9(11-3-2-6-18-11)15-12(17)10-7-16(5-4-13)8-14-10/h2-3,6-9H,4-5,13H2,1H3,(H,15,17). The van der Waals surface area contributed by atoms with Crippen LogP contribution in [0.25, 0.3) is 0 Å². The molecule has 3 N–H and O–H groups in total. The Labute approximate surface area is 110 Å². The molecule has 0 aliphatic rings. The van der Waals surface area contributed by atoms with Gasteiger partial charge in [0.2, 0.25) is 0 Å². The van der Waals surface area contributed by atoms with E-state index in [0.29, 0.717) is 18.8 Å². The van der Waals surface area contributed by atoms with Crippen molar-refractivity contribution in [2.24, 2.45) is 5.73 Å². The third kappa shape index (κ3) is 2.96. The summed E-state index contributed by atoms with van der Waals surface area (Å²) in [6.07, 6.45) is 3.33. The number of aromatic nitrogens is 2. The maximum absolute atomic E-state index is 12.0. The molecule has 2 heterocycles. The predicted octanol–water partition coefficient (Wildman–Crippen LogP) is 1.39. The fourth-order valence-electron chi connectivity index (χ4n) is 1.63. The van der Waals surface area contributed by atoms with Gasteiger partial charge in [0.1, 0.15) is 5.69 Å². The first-order chi connectivity index (χ1) is 8.70. The molecule has 2 aromatic rings. The lowest BCUT2D eigenvalue weighted by atomic mass is 10.2. The van der Waals surface area contributed by atoms with Gasteiger partial charge in [0.25, 0.3) is 5.91 Å². The minimum atomic E-state index is -0.160. The van der Waals surface area contributed by atoms with Crippen molar-refractivity contribution in [3.05, 3.63) is 40.6 Å². The quantitative estimate of drug-likeness (QED) is 0.857. The van der Waals surface area contributed by atoms with Crippen molar-refractivity contribution in [3.63, 3.8) is 0 Å². The van der Waals surface area contributed by atoms with Gasteiger partial charge in [0, 0.05) is 24.2 Å². The Bertz CT molecular complexity index is 506. The Hall–Kier alpha value is -1.66. The van der Waals surface area contributed by atoms with Crippen LogP contribution in [-0.4, -0.2) is 22.0 Å². The van der Waals surface area contributed by atoms with Gasteiger partial charge < -0.3 is 15.6 Å². The van der Waals surface area contributed by atoms with Crippen LogP contribution in [0.15, 0.2) is 30.0 Å². The summed E-state index contributed by atoms with van der Waals surface area (Å²) in [7, 11) is 0. The summed E-state index contributed by atoms with van der Waals surface area (Å²) in [5.41, 5.74) is 5.87. The number of thiophene rings is 1. The number of amides is 1. The summed E-state index contributed by atoms with van der Waals surface area (Å²) in [6.45, 7) is 3.16. The molecule has 6 heteroatoms. The molecule has 1 amide bonds. The monoisotopic (exact) mass is 264 g/mol. The Balaban J connectivity index is 1.98. The molecular formula is C12H16N4OS. The largest absolute Gasteiger partial charge is 0.343 e. The summed E-state index contributed by atoms with van der Waals surface area (Å²) in [4.78, 5) is 17.2. The molecule has 18 heavy (non-hydrogen) atoms. The molecule has 2 aromatic heterocycles. The first kappa shape index (κ1) is 12.8. The van der Waals surface area contributed by atoms with Gasteiger partial charge in [-0.2, -0.15) is 0 Å². The van der Waals surface area contributed by atoms with Crippen molar-refractivity contribution in [2.75, 3.05) is 6.54 Å². The number of carbonyl (C=O) groups is 1. The molecular weight excluding hydrogens is 248 g/mol. The molecule has 0 radical (unpaired) electrons. The highest BCUT2D eigenvalue weighted by molar-refractivity contribution is 7.10. The minimum absolute atomic E-state index is 0.00263. The highest BCUT2D eigenvalue weighted by Gasteiger charge is 2.14. The van der Waals surface area contributed by atoms with E-state index in [0.717, 1.165) is 4.88 Å². The minimum Gasteiger partial charge on any atom is -0.343 e. The number of carbonyl (C=O) groups excluding carboxylic acids is 1. The van der Waals surface area contributed by atoms with Crippen LogP contribution < -0.4 is 11.1 Å². The van der Waals surface area contributed by atoms with E-state index in [1.54, 1.807) is 23.9 Å². The number of rotatable bonds is 5. The van der Waals surface area contributed by atoms with Crippen molar-refractivity contribution in [3.8, 4) is 0 Å². The third-order valence-corrected chi connectivity index (χ3v) is 3.63. The van der Waals surface area contributed by atoms with Gasteiger partial charge in [0.05, 0.1) is 12.4 Å². The number of imidazole rings is 1. The second-order valence-corrected chi connectivity index (χ2v) is 4.98. The highest BCUT2D eigenvalue weighted by atomic mass is 32.1. The van der Waals surface area contributed by atoms with Gasteiger partial charge in [0.15, 0.2) is 0 Å². The SMILES string of the molecule is CC(NC(=O)c1cn(CCN)cn1)c1cccs1. The maximum Gasteiger partial charge on any atom is 0.271 e. The normalized spacial score (nSPS) is 12.3. The third-order valence-electron chi connectivity index (χ3n) is 2.57. The average Bonchev–Trinajstić information content (AvgIpc) is 3.00. The van der Waals surface area contributed by atoms with Crippen molar-refractivity contribution in [2.45, 2.75) is 19.5 Å². The molecule has 0 saturated heterocycles. The van der Waals surface area contributed by atoms with Crippen molar-refractivity contribution in [1.82, 2.24) is 14.9 Å². The molecule has 0 saturated carbocycles. The zero-order valence-electron chi connectivity index (χ0n) is 10.2. The molecule has 0 aromatic carbocycles. The zero-order chi connectivity index (χ0) is 13.0. The van der Waals surface area contributed by atoms with Crippen LogP contribution in [0, 0.1) is 0 Å². The van der Waals surface area contributed by atoms with E-state index in [2.05, 4.69) is 10.3 Å². The fourth-order valence-corrected chi connectivity index (χ4v) is 2.36. The highest BCUT2D eigenvalue weighted by Crippen LogP contribution is 2.18. The van der Waals surface area contributed by atoms with Gasteiger partial charge >= 0.3 is 0 Å². The van der Waals surface area contributed by atoms with Gasteiger partial charge in [-0.05, 0) is 18.4 Å². The molecule has 0 spiro atoms. The van der Waals surface area contributed by atoms with Crippen LogP contribution in [0.5, 0.6) is 0 Å². The van der Waals surface area contributed by atoms with E-state index in [-0.39, 0.29) is 11.9 Å². The lowest BCUT2D eigenvalue weighted by Gasteiger charge is -2.10. The topological polar surface area (TPSA) is 72.9 Å². The van der Waals surface area contributed by atoms with E-state index in [4.69, 9.17) is 5.73 Å². The number of hydrogen-bond acceptors (Lipinski definition) is 4. The second kappa shape index (κ2) is 5.79. The summed E-state index contributed by atoms with van der Waals surface area (Å²) >= 11 is 1.62. The second-order valence-electron chi connectivity index (χ2n) is 4.00. The first-order valence-electron chi connectivity index (χ1n) is 5.77. The predicted molar refractivity (Wildman–Crippen MR) is 71.5 cm³/mol. The molecule has 0 aliphatic carbocycles. The van der Waals surface area contributed by atoms with Gasteiger partial charge in [-0.3, -0.25) is 4.79 Å². The number of nitrogens with one attached hydrogen (secondary N) is 1. The molecule has 5 nitrogen and oxygen atoms in total. The molecule has 1 atom stereocenters. The first-order valence-corrected chi connectivity index (χ1v) is 6.65. The smallest absolute Gasteiger partial charge is 0.271 e. The van der Waals surface area contributed by atoms with E-state index in [1.807, 2.05) is 29.0 Å². The molecule has 0 fully saturated rings. The molecule has 2 rings (SSSR count). The van der Waals surface area contributed by atoms with Crippen LogP contribution in [0.2, 0.25) is 0 Å². The van der Waals surface area contributed by atoms with E-state index in [9.17, 15) is 4.79 Å². The Morgan fingerprint density at radius 1 is 1.67 bits per heavy atom. The molecule has 0 bridgehead atoms. The fraction of sp³-hybridized carbons (Fsp3) is 0.333. The Morgan fingerprint density at radius 2 is 2.50 bits per heavy atom. The van der Waals surface area contributed by atoms with Crippen LogP contribution in [0.4, 0.5) is 0 Å². The van der Waals surface area contributed by atoms with Crippen molar-refractivity contribution >= 4 is 17.2 Å². The summed E-state index contributed by atoms with van der Waals surface area (Å²) in [6, 6.07) is 3.97. The Morgan fingerprint density at radius 3 is 3.17 bits per heavy atom. The number of nitrogens with two attached hydrogens (primary N) is 1. The van der Waals surface area contributed by atoms with Gasteiger partial charge in [-0.1, -0.05) is 6.07 Å². The molecule has 96 valence electrons.